The zero-order valence-corrected chi connectivity index (χ0v) is 13.4. The highest BCUT2D eigenvalue weighted by molar-refractivity contribution is 7.89. The van der Waals surface area contributed by atoms with Gasteiger partial charge in [-0.1, -0.05) is 6.07 Å². The Morgan fingerprint density at radius 1 is 1.36 bits per heavy atom. The lowest BCUT2D eigenvalue weighted by Crippen LogP contribution is -2.23. The minimum Gasteiger partial charge on any atom is -0.493 e. The topological polar surface area (TPSA) is 92.7 Å². The van der Waals surface area contributed by atoms with Crippen molar-refractivity contribution in [2.45, 2.75) is 18.4 Å². The average Bonchev–Trinajstić information content (AvgIpc) is 2.99. The third-order valence-corrected chi connectivity index (χ3v) is 5.08. The standard InChI is InChI=1S/C14H15NO5S2/c1-2-20-13-6-5-11(8-12(13)14(16)17)22(18,19)15-9-10-4-3-7-21-10/h3-8,15H,2,9H2,1H3,(H,16,17). The van der Waals surface area contributed by atoms with Crippen LogP contribution in [-0.4, -0.2) is 26.1 Å². The number of carboxylic acid groups (broad SMARTS) is 1. The first-order chi connectivity index (χ1) is 10.4. The Bertz CT molecular complexity index is 754. The van der Waals surface area contributed by atoms with E-state index in [1.165, 1.54) is 23.5 Å². The largest absolute Gasteiger partial charge is 0.493 e. The van der Waals surface area contributed by atoms with Gasteiger partial charge in [0.25, 0.3) is 0 Å². The Hall–Kier alpha value is -1.90. The van der Waals surface area contributed by atoms with Gasteiger partial charge in [-0.2, -0.15) is 0 Å². The third kappa shape index (κ3) is 3.85. The molecule has 1 aromatic carbocycles. The first-order valence-corrected chi connectivity index (χ1v) is 8.82. The van der Waals surface area contributed by atoms with Gasteiger partial charge in [-0.15, -0.1) is 11.3 Å². The smallest absolute Gasteiger partial charge is 0.339 e. The van der Waals surface area contributed by atoms with Gasteiger partial charge >= 0.3 is 5.97 Å². The molecular formula is C14H15NO5S2. The van der Waals surface area contributed by atoms with Crippen LogP contribution in [0.5, 0.6) is 5.75 Å². The Morgan fingerprint density at radius 2 is 2.14 bits per heavy atom. The van der Waals surface area contributed by atoms with Crippen molar-refractivity contribution in [1.82, 2.24) is 4.72 Å². The van der Waals surface area contributed by atoms with E-state index in [0.29, 0.717) is 6.61 Å². The number of nitrogens with one attached hydrogen (secondary N) is 1. The maximum Gasteiger partial charge on any atom is 0.339 e. The maximum absolute atomic E-state index is 12.2. The second kappa shape index (κ2) is 6.91. The molecule has 1 heterocycles. The molecule has 0 unspecified atom stereocenters. The SMILES string of the molecule is CCOc1ccc(S(=O)(=O)NCc2cccs2)cc1C(=O)O. The van der Waals surface area contributed by atoms with Crippen LogP contribution in [0.25, 0.3) is 0 Å². The summed E-state index contributed by atoms with van der Waals surface area (Å²) >= 11 is 1.43. The van der Waals surface area contributed by atoms with Crippen molar-refractivity contribution in [3.8, 4) is 5.75 Å². The van der Waals surface area contributed by atoms with Crippen molar-refractivity contribution in [2.75, 3.05) is 6.61 Å². The number of aromatic carboxylic acids is 1. The fourth-order valence-corrected chi connectivity index (χ4v) is 3.56. The van der Waals surface area contributed by atoms with Crippen molar-refractivity contribution in [3.63, 3.8) is 0 Å². The first kappa shape index (κ1) is 16.5. The summed E-state index contributed by atoms with van der Waals surface area (Å²) in [4.78, 5) is 12.0. The molecule has 8 heteroatoms. The second-order valence-corrected chi connectivity index (χ2v) is 7.10. The van der Waals surface area contributed by atoms with E-state index in [1.54, 1.807) is 6.92 Å². The molecule has 22 heavy (non-hydrogen) atoms. The summed E-state index contributed by atoms with van der Waals surface area (Å²) in [5.74, 6) is -1.09. The predicted octanol–water partition coefficient (Wildman–Crippen LogP) is 2.32. The van der Waals surface area contributed by atoms with E-state index in [4.69, 9.17) is 9.84 Å². The molecule has 0 fully saturated rings. The number of rotatable bonds is 7. The lowest BCUT2D eigenvalue weighted by atomic mass is 10.2. The average molecular weight is 341 g/mol. The molecule has 0 radical (unpaired) electrons. The molecule has 2 rings (SSSR count). The lowest BCUT2D eigenvalue weighted by Gasteiger charge is -2.10. The van der Waals surface area contributed by atoms with Crippen LogP contribution in [0.1, 0.15) is 22.2 Å². The van der Waals surface area contributed by atoms with Crippen LogP contribution < -0.4 is 9.46 Å². The van der Waals surface area contributed by atoms with Crippen molar-refractivity contribution in [1.29, 1.82) is 0 Å². The van der Waals surface area contributed by atoms with Crippen LogP contribution in [-0.2, 0) is 16.6 Å². The van der Waals surface area contributed by atoms with E-state index >= 15 is 0 Å². The van der Waals surface area contributed by atoms with Crippen LogP contribution in [0.4, 0.5) is 0 Å². The first-order valence-electron chi connectivity index (χ1n) is 6.46. The molecule has 2 N–H and O–H groups in total. The summed E-state index contributed by atoms with van der Waals surface area (Å²) in [6.07, 6.45) is 0. The van der Waals surface area contributed by atoms with Gasteiger partial charge in [0, 0.05) is 11.4 Å². The molecule has 0 saturated heterocycles. The highest BCUT2D eigenvalue weighted by Crippen LogP contribution is 2.23. The minimum atomic E-state index is -3.79. The zero-order chi connectivity index (χ0) is 16.2. The molecule has 0 aliphatic carbocycles. The van der Waals surface area contributed by atoms with Crippen LogP contribution in [0, 0.1) is 0 Å². The van der Waals surface area contributed by atoms with E-state index in [1.807, 2.05) is 17.5 Å². The highest BCUT2D eigenvalue weighted by Gasteiger charge is 2.19. The summed E-state index contributed by atoms with van der Waals surface area (Å²) in [6.45, 7) is 2.18. The summed E-state index contributed by atoms with van der Waals surface area (Å²) in [5, 5.41) is 11.0. The molecule has 0 spiro atoms. The number of carboxylic acids is 1. The summed E-state index contributed by atoms with van der Waals surface area (Å²) in [5.41, 5.74) is -0.180. The summed E-state index contributed by atoms with van der Waals surface area (Å²) in [6, 6.07) is 7.42. The van der Waals surface area contributed by atoms with Gasteiger partial charge in [0.05, 0.1) is 11.5 Å². The van der Waals surface area contributed by atoms with Crippen molar-refractivity contribution >= 4 is 27.3 Å². The fourth-order valence-electron chi connectivity index (χ4n) is 1.79. The fraction of sp³-hybridized carbons (Fsp3) is 0.214. The molecule has 0 aliphatic rings. The van der Waals surface area contributed by atoms with Gasteiger partial charge < -0.3 is 9.84 Å². The van der Waals surface area contributed by atoms with Gasteiger partial charge in [-0.3, -0.25) is 0 Å². The Morgan fingerprint density at radius 3 is 2.73 bits per heavy atom. The normalized spacial score (nSPS) is 11.3. The number of benzene rings is 1. The van der Waals surface area contributed by atoms with E-state index in [9.17, 15) is 13.2 Å². The zero-order valence-electron chi connectivity index (χ0n) is 11.8. The molecule has 0 aliphatic heterocycles. The molecule has 0 amide bonds. The minimum absolute atomic E-state index is 0.107. The quantitative estimate of drug-likeness (QED) is 0.806. The summed E-state index contributed by atoms with van der Waals surface area (Å²) < 4.78 is 32.1. The lowest BCUT2D eigenvalue weighted by molar-refractivity contribution is 0.0692. The van der Waals surface area contributed by atoms with Gasteiger partial charge in [-0.25, -0.2) is 17.9 Å². The van der Waals surface area contributed by atoms with Crippen molar-refractivity contribution in [3.05, 3.63) is 46.2 Å². The molecule has 0 bridgehead atoms. The van der Waals surface area contributed by atoms with E-state index < -0.39 is 16.0 Å². The highest BCUT2D eigenvalue weighted by atomic mass is 32.2. The molecule has 0 atom stereocenters. The van der Waals surface area contributed by atoms with Crippen molar-refractivity contribution < 1.29 is 23.1 Å². The third-order valence-electron chi connectivity index (χ3n) is 2.81. The molecule has 2 aromatic rings. The van der Waals surface area contributed by atoms with Crippen LogP contribution in [0.2, 0.25) is 0 Å². The predicted molar refractivity (Wildman–Crippen MR) is 82.9 cm³/mol. The van der Waals surface area contributed by atoms with Gasteiger partial charge in [0.15, 0.2) is 0 Å². The van der Waals surface area contributed by atoms with Crippen LogP contribution in [0.15, 0.2) is 40.6 Å². The monoisotopic (exact) mass is 341 g/mol. The molecule has 6 nitrogen and oxygen atoms in total. The second-order valence-electron chi connectivity index (χ2n) is 4.30. The van der Waals surface area contributed by atoms with Crippen LogP contribution in [0.3, 0.4) is 0 Å². The number of sulfonamides is 1. The van der Waals surface area contributed by atoms with E-state index in [-0.39, 0.29) is 22.8 Å². The molecular weight excluding hydrogens is 326 g/mol. The van der Waals surface area contributed by atoms with E-state index in [0.717, 1.165) is 10.9 Å². The van der Waals surface area contributed by atoms with Gasteiger partial charge in [0.1, 0.15) is 11.3 Å². The Labute approximate surface area is 132 Å². The molecule has 1 aromatic heterocycles. The maximum atomic E-state index is 12.2. The number of ether oxygens (including phenoxy) is 1. The number of carbonyl (C=O) groups is 1. The number of hydrogen-bond donors (Lipinski definition) is 2. The Balaban J connectivity index is 2.26. The molecule has 0 saturated carbocycles. The van der Waals surface area contributed by atoms with Gasteiger partial charge in [-0.05, 0) is 36.6 Å². The van der Waals surface area contributed by atoms with E-state index in [2.05, 4.69) is 4.72 Å². The number of thiophene rings is 1. The Kier molecular flexibility index (Phi) is 5.17. The number of hydrogen-bond acceptors (Lipinski definition) is 5. The van der Waals surface area contributed by atoms with Crippen molar-refractivity contribution in [2.24, 2.45) is 0 Å². The summed E-state index contributed by atoms with van der Waals surface area (Å²) in [7, 11) is -3.79. The van der Waals surface area contributed by atoms with Crippen LogP contribution >= 0.6 is 11.3 Å². The van der Waals surface area contributed by atoms with Gasteiger partial charge in [0.2, 0.25) is 10.0 Å². The molecule has 118 valence electrons.